The van der Waals surface area contributed by atoms with Crippen LogP contribution in [0.3, 0.4) is 0 Å². The van der Waals surface area contributed by atoms with Gasteiger partial charge in [-0.2, -0.15) is 0 Å². The maximum Gasteiger partial charge on any atom is 0.166 e. The molecule has 0 heterocycles. The minimum absolute atomic E-state index is 0.254. The number of hydrogen-bond donors (Lipinski definition) is 1. The molecule has 0 spiro atoms. The Labute approximate surface area is 123 Å². The molecule has 1 aliphatic rings. The Hall–Kier alpha value is -1.15. The Morgan fingerprint density at radius 2 is 2.00 bits per heavy atom. The van der Waals surface area contributed by atoms with Crippen molar-refractivity contribution >= 4 is 5.78 Å². The first-order valence-electron chi connectivity index (χ1n) is 8.04. The summed E-state index contributed by atoms with van der Waals surface area (Å²) in [4.78, 5) is 12.9. The van der Waals surface area contributed by atoms with Gasteiger partial charge in [-0.25, -0.2) is 0 Å². The van der Waals surface area contributed by atoms with E-state index in [0.29, 0.717) is 11.7 Å². The highest BCUT2D eigenvalue weighted by atomic mass is 16.1. The molecule has 2 atom stereocenters. The van der Waals surface area contributed by atoms with Crippen molar-refractivity contribution in [2.24, 2.45) is 11.8 Å². The molecular weight excluding hydrogens is 246 g/mol. The first-order valence-corrected chi connectivity index (χ1v) is 8.04. The molecule has 1 saturated carbocycles. The molecule has 110 valence electrons. The second-order valence-corrected chi connectivity index (χ2v) is 5.93. The highest BCUT2D eigenvalue weighted by Gasteiger charge is 2.30. The van der Waals surface area contributed by atoms with Gasteiger partial charge in [-0.3, -0.25) is 4.79 Å². The van der Waals surface area contributed by atoms with Gasteiger partial charge in [0.05, 0.1) is 0 Å². The number of carbonyl (C=O) groups excluding carboxylic acids is 1. The number of Topliss-reactive ketones (excluding diaryl/α,β-unsaturated/α-hetero) is 1. The Balaban J connectivity index is 2.19. The van der Waals surface area contributed by atoms with Gasteiger partial charge in [0.15, 0.2) is 5.78 Å². The summed E-state index contributed by atoms with van der Waals surface area (Å²) in [5.74, 6) is 1.24. The third-order valence-corrected chi connectivity index (χ3v) is 4.70. The minimum atomic E-state index is 0.254. The van der Waals surface area contributed by atoms with Crippen molar-refractivity contribution < 1.29 is 4.79 Å². The lowest BCUT2D eigenvalue weighted by Crippen LogP contribution is -2.28. The molecular formula is C18H27NO. The second kappa shape index (κ2) is 7.58. The van der Waals surface area contributed by atoms with Crippen LogP contribution in [0.15, 0.2) is 24.3 Å². The zero-order valence-corrected chi connectivity index (χ0v) is 12.8. The average Bonchev–Trinajstić information content (AvgIpc) is 2.52. The van der Waals surface area contributed by atoms with Crippen LogP contribution in [-0.2, 0) is 6.42 Å². The molecule has 1 aromatic rings. The van der Waals surface area contributed by atoms with Crippen molar-refractivity contribution in [2.45, 2.75) is 45.4 Å². The smallest absolute Gasteiger partial charge is 0.166 e. The van der Waals surface area contributed by atoms with Gasteiger partial charge in [-0.1, -0.05) is 50.5 Å². The summed E-state index contributed by atoms with van der Waals surface area (Å²) in [6.45, 7) is 3.15. The zero-order chi connectivity index (χ0) is 14.4. The van der Waals surface area contributed by atoms with Crippen molar-refractivity contribution in [3.05, 3.63) is 35.4 Å². The van der Waals surface area contributed by atoms with Crippen molar-refractivity contribution in [2.75, 3.05) is 13.6 Å². The largest absolute Gasteiger partial charge is 0.319 e. The van der Waals surface area contributed by atoms with Gasteiger partial charge < -0.3 is 5.32 Å². The maximum absolute atomic E-state index is 12.9. The first-order chi connectivity index (χ1) is 9.77. The van der Waals surface area contributed by atoms with Gasteiger partial charge in [0.25, 0.3) is 0 Å². The van der Waals surface area contributed by atoms with Crippen LogP contribution in [0.1, 0.15) is 54.9 Å². The molecule has 0 aromatic heterocycles. The normalized spacial score (nSPS) is 22.7. The summed E-state index contributed by atoms with van der Waals surface area (Å²) in [7, 11) is 1.96. The van der Waals surface area contributed by atoms with E-state index in [2.05, 4.69) is 18.3 Å². The quantitative estimate of drug-likeness (QED) is 0.798. The molecule has 1 N–H and O–H groups in total. The summed E-state index contributed by atoms with van der Waals surface area (Å²) >= 11 is 0. The van der Waals surface area contributed by atoms with Crippen LogP contribution in [0, 0.1) is 11.8 Å². The van der Waals surface area contributed by atoms with E-state index in [0.717, 1.165) is 31.4 Å². The lowest BCUT2D eigenvalue weighted by atomic mass is 9.73. The first kappa shape index (κ1) is 15.2. The van der Waals surface area contributed by atoms with Crippen molar-refractivity contribution in [3.8, 4) is 0 Å². The van der Waals surface area contributed by atoms with Crippen LogP contribution >= 0.6 is 0 Å². The molecule has 20 heavy (non-hydrogen) atoms. The highest BCUT2D eigenvalue weighted by molar-refractivity contribution is 5.99. The summed E-state index contributed by atoms with van der Waals surface area (Å²) < 4.78 is 0. The summed E-state index contributed by atoms with van der Waals surface area (Å²) in [6, 6.07) is 8.17. The predicted octanol–water partition coefficient (Wildman–Crippen LogP) is 3.85. The fourth-order valence-corrected chi connectivity index (χ4v) is 3.48. The molecule has 2 unspecified atom stereocenters. The second-order valence-electron chi connectivity index (χ2n) is 5.93. The van der Waals surface area contributed by atoms with Crippen LogP contribution in [0.2, 0.25) is 0 Å². The lowest BCUT2D eigenvalue weighted by Gasteiger charge is -2.30. The van der Waals surface area contributed by atoms with E-state index in [1.165, 1.54) is 24.8 Å². The van der Waals surface area contributed by atoms with Gasteiger partial charge in [0.2, 0.25) is 0 Å². The number of likely N-dealkylation sites (N-methyl/N-ethyl adjacent to an activating group) is 1. The maximum atomic E-state index is 12.9. The molecule has 2 heteroatoms. The van der Waals surface area contributed by atoms with E-state index in [-0.39, 0.29) is 5.92 Å². The summed E-state index contributed by atoms with van der Waals surface area (Å²) in [6.07, 6.45) is 6.88. The average molecular weight is 273 g/mol. The van der Waals surface area contributed by atoms with Gasteiger partial charge in [-0.05, 0) is 44.3 Å². The molecule has 1 fully saturated rings. The van der Waals surface area contributed by atoms with E-state index in [1.807, 2.05) is 25.2 Å². The Morgan fingerprint density at radius 1 is 1.25 bits per heavy atom. The van der Waals surface area contributed by atoms with E-state index in [1.54, 1.807) is 0 Å². The van der Waals surface area contributed by atoms with E-state index < -0.39 is 0 Å². The lowest BCUT2D eigenvalue weighted by molar-refractivity contribution is 0.0819. The number of hydrogen-bond acceptors (Lipinski definition) is 2. The van der Waals surface area contributed by atoms with Gasteiger partial charge in [0.1, 0.15) is 0 Å². The monoisotopic (exact) mass is 273 g/mol. The minimum Gasteiger partial charge on any atom is -0.319 e. The fraction of sp³-hybridized carbons (Fsp3) is 0.611. The van der Waals surface area contributed by atoms with Crippen molar-refractivity contribution in [3.63, 3.8) is 0 Å². The summed E-state index contributed by atoms with van der Waals surface area (Å²) in [5, 5.41) is 3.17. The molecule has 0 radical (unpaired) electrons. The number of nitrogens with one attached hydrogen (secondary N) is 1. The Morgan fingerprint density at radius 3 is 2.75 bits per heavy atom. The number of benzene rings is 1. The van der Waals surface area contributed by atoms with E-state index >= 15 is 0 Å². The van der Waals surface area contributed by atoms with Gasteiger partial charge in [0, 0.05) is 11.5 Å². The third-order valence-electron chi connectivity index (χ3n) is 4.70. The van der Waals surface area contributed by atoms with Gasteiger partial charge in [-0.15, -0.1) is 0 Å². The molecule has 1 aromatic carbocycles. The molecule has 2 nitrogen and oxygen atoms in total. The molecule has 0 saturated heterocycles. The fourth-order valence-electron chi connectivity index (χ4n) is 3.48. The van der Waals surface area contributed by atoms with Crippen molar-refractivity contribution in [1.29, 1.82) is 0 Å². The Bertz CT molecular complexity index is 441. The van der Waals surface area contributed by atoms with E-state index in [4.69, 9.17) is 0 Å². The van der Waals surface area contributed by atoms with Crippen LogP contribution < -0.4 is 5.32 Å². The predicted molar refractivity (Wildman–Crippen MR) is 84.1 cm³/mol. The number of rotatable bonds is 6. The van der Waals surface area contributed by atoms with Crippen LogP contribution in [0.4, 0.5) is 0 Å². The van der Waals surface area contributed by atoms with Crippen LogP contribution in [0.5, 0.6) is 0 Å². The molecule has 0 amide bonds. The molecule has 0 aliphatic heterocycles. The van der Waals surface area contributed by atoms with Crippen LogP contribution in [-0.4, -0.2) is 19.4 Å². The topological polar surface area (TPSA) is 29.1 Å². The summed E-state index contributed by atoms with van der Waals surface area (Å²) in [5.41, 5.74) is 2.17. The molecule has 0 bridgehead atoms. The zero-order valence-electron chi connectivity index (χ0n) is 12.8. The number of ketones is 1. The van der Waals surface area contributed by atoms with Crippen molar-refractivity contribution in [1.82, 2.24) is 5.32 Å². The standard InChI is InChI=1S/C18H27NO/c1-3-14-8-4-6-10-16(14)18(20)17-11-7-5-9-15(17)12-13-19-2/h5,7,9,11,14,16,19H,3-4,6,8,10,12-13H2,1-2H3. The molecule has 2 rings (SSSR count). The number of carbonyl (C=O) groups is 1. The Kier molecular flexibility index (Phi) is 5.78. The molecule has 1 aliphatic carbocycles. The van der Waals surface area contributed by atoms with Crippen LogP contribution in [0.25, 0.3) is 0 Å². The SMILES string of the molecule is CCC1CCCCC1C(=O)c1ccccc1CCNC. The third kappa shape index (κ3) is 3.49. The van der Waals surface area contributed by atoms with Gasteiger partial charge >= 0.3 is 0 Å². The van der Waals surface area contributed by atoms with E-state index in [9.17, 15) is 4.79 Å². The highest BCUT2D eigenvalue weighted by Crippen LogP contribution is 2.35.